The van der Waals surface area contributed by atoms with Crippen LogP contribution in [0.3, 0.4) is 0 Å². The highest BCUT2D eigenvalue weighted by Gasteiger charge is 2.08. The molecule has 1 aromatic heterocycles. The molecule has 0 N–H and O–H groups in total. The van der Waals surface area contributed by atoms with Gasteiger partial charge in [-0.25, -0.2) is 8.42 Å². The van der Waals surface area contributed by atoms with Crippen molar-refractivity contribution in [3.63, 3.8) is 0 Å². The number of pyridine rings is 1. The number of aromatic nitrogens is 1. The molecule has 17 heavy (non-hydrogen) atoms. The van der Waals surface area contributed by atoms with Crippen molar-refractivity contribution in [2.45, 2.75) is 4.90 Å². The zero-order valence-corrected chi connectivity index (χ0v) is 9.84. The fourth-order valence-electron chi connectivity index (χ4n) is 1.33. The molecule has 4 heteroatoms. The largest absolute Gasteiger partial charge is 0.265 e. The van der Waals surface area contributed by atoms with Crippen molar-refractivity contribution in [1.82, 2.24) is 4.98 Å². The van der Waals surface area contributed by atoms with Gasteiger partial charge in [-0.2, -0.15) is 0 Å². The van der Waals surface area contributed by atoms with Crippen LogP contribution in [0.1, 0.15) is 5.56 Å². The summed E-state index contributed by atoms with van der Waals surface area (Å²) in [6, 6.07) is 11.8. The molecule has 1 aromatic carbocycles. The summed E-state index contributed by atoms with van der Waals surface area (Å²) in [6.07, 6.45) is 4.80. The van der Waals surface area contributed by atoms with Crippen LogP contribution in [0.25, 0.3) is 6.08 Å². The van der Waals surface area contributed by atoms with Crippen LogP contribution < -0.4 is 0 Å². The maximum absolute atomic E-state index is 11.9. The highest BCUT2D eigenvalue weighted by atomic mass is 32.2. The molecule has 0 aliphatic carbocycles. The fourth-order valence-corrected chi connectivity index (χ4v) is 2.36. The summed E-state index contributed by atoms with van der Waals surface area (Å²) in [6.45, 7) is 0. The lowest BCUT2D eigenvalue weighted by Gasteiger charge is -1.97. The van der Waals surface area contributed by atoms with Gasteiger partial charge in [-0.3, -0.25) is 4.98 Å². The number of nitrogens with zero attached hydrogens (tertiary/aromatic N) is 1. The van der Waals surface area contributed by atoms with Gasteiger partial charge in [0, 0.05) is 17.8 Å². The molecule has 0 unspecified atom stereocenters. The Morgan fingerprint density at radius 1 is 0.941 bits per heavy atom. The van der Waals surface area contributed by atoms with Crippen LogP contribution in [0.4, 0.5) is 0 Å². The molecule has 1 heterocycles. The van der Waals surface area contributed by atoms with Crippen LogP contribution in [0.2, 0.25) is 0 Å². The van der Waals surface area contributed by atoms with Gasteiger partial charge in [-0.15, -0.1) is 0 Å². The van der Waals surface area contributed by atoms with Gasteiger partial charge < -0.3 is 0 Å². The van der Waals surface area contributed by atoms with Gasteiger partial charge in [0.25, 0.3) is 0 Å². The van der Waals surface area contributed by atoms with Crippen molar-refractivity contribution in [3.8, 4) is 0 Å². The highest BCUT2D eigenvalue weighted by molar-refractivity contribution is 7.94. The number of hydrogen-bond acceptors (Lipinski definition) is 3. The van der Waals surface area contributed by atoms with Crippen molar-refractivity contribution in [2.75, 3.05) is 0 Å². The van der Waals surface area contributed by atoms with Gasteiger partial charge in [0.2, 0.25) is 0 Å². The number of hydrogen-bond donors (Lipinski definition) is 0. The quantitative estimate of drug-likeness (QED) is 0.834. The minimum Gasteiger partial charge on any atom is -0.265 e. The molecule has 2 rings (SSSR count). The van der Waals surface area contributed by atoms with E-state index in [4.69, 9.17) is 0 Å². The van der Waals surface area contributed by atoms with Crippen LogP contribution in [-0.4, -0.2) is 13.4 Å². The first kappa shape index (κ1) is 11.5. The third-order valence-corrected chi connectivity index (χ3v) is 3.64. The molecule has 0 aliphatic rings. The van der Waals surface area contributed by atoms with Crippen molar-refractivity contribution in [1.29, 1.82) is 0 Å². The first-order valence-electron chi connectivity index (χ1n) is 5.07. The Labute approximate surface area is 100 Å². The van der Waals surface area contributed by atoms with Gasteiger partial charge in [0.05, 0.1) is 4.90 Å². The molecule has 0 spiro atoms. The predicted molar refractivity (Wildman–Crippen MR) is 66.9 cm³/mol. The minimum atomic E-state index is -3.36. The molecule has 2 aromatic rings. The van der Waals surface area contributed by atoms with Crippen LogP contribution in [-0.2, 0) is 9.84 Å². The lowest BCUT2D eigenvalue weighted by Crippen LogP contribution is -1.95. The third kappa shape index (κ3) is 3.01. The van der Waals surface area contributed by atoms with Gasteiger partial charge in [-0.05, 0) is 35.9 Å². The molecule has 0 saturated carbocycles. The molecule has 0 bridgehead atoms. The number of sulfone groups is 1. The second kappa shape index (κ2) is 4.93. The van der Waals surface area contributed by atoms with E-state index in [1.54, 1.807) is 60.9 Å². The number of rotatable bonds is 3. The van der Waals surface area contributed by atoms with E-state index in [1.807, 2.05) is 0 Å². The minimum absolute atomic E-state index is 0.297. The summed E-state index contributed by atoms with van der Waals surface area (Å²) in [5, 5.41) is 1.21. The van der Waals surface area contributed by atoms with E-state index in [1.165, 1.54) is 5.41 Å². The molecule has 0 atom stereocenters. The van der Waals surface area contributed by atoms with Gasteiger partial charge in [-0.1, -0.05) is 18.2 Å². The maximum Gasteiger partial charge on any atom is 0.199 e. The summed E-state index contributed by atoms with van der Waals surface area (Å²) >= 11 is 0. The molecule has 3 nitrogen and oxygen atoms in total. The first-order valence-corrected chi connectivity index (χ1v) is 6.61. The molecule has 0 fully saturated rings. The smallest absolute Gasteiger partial charge is 0.199 e. The average Bonchev–Trinajstić information content (AvgIpc) is 2.39. The summed E-state index contributed by atoms with van der Waals surface area (Å²) in [5.41, 5.74) is 0.805. The van der Waals surface area contributed by atoms with Gasteiger partial charge in [0.1, 0.15) is 0 Å². The van der Waals surface area contributed by atoms with Crippen molar-refractivity contribution < 1.29 is 8.42 Å². The maximum atomic E-state index is 11.9. The standard InChI is InChI=1S/C13H11NO2S/c15-17(16,13-4-2-1-3-5-13)11-8-12-6-9-14-10-7-12/h1-11H/b11-8-. The lowest BCUT2D eigenvalue weighted by atomic mass is 10.3. The summed E-state index contributed by atoms with van der Waals surface area (Å²) in [4.78, 5) is 4.16. The summed E-state index contributed by atoms with van der Waals surface area (Å²) in [7, 11) is -3.36. The van der Waals surface area contributed by atoms with E-state index in [2.05, 4.69) is 4.98 Å². The Balaban J connectivity index is 2.28. The molecule has 0 aliphatic heterocycles. The molecule has 86 valence electrons. The van der Waals surface area contributed by atoms with Crippen LogP contribution in [0.5, 0.6) is 0 Å². The van der Waals surface area contributed by atoms with E-state index in [0.717, 1.165) is 5.56 Å². The van der Waals surface area contributed by atoms with E-state index < -0.39 is 9.84 Å². The first-order chi connectivity index (χ1) is 8.18. The Kier molecular flexibility index (Phi) is 3.35. The SMILES string of the molecule is O=S(=O)(/C=C\c1ccncc1)c1ccccc1. The second-order valence-corrected chi connectivity index (χ2v) is 5.27. The van der Waals surface area contributed by atoms with Gasteiger partial charge in [0.15, 0.2) is 9.84 Å². The van der Waals surface area contributed by atoms with E-state index >= 15 is 0 Å². The number of benzene rings is 1. The van der Waals surface area contributed by atoms with Crippen molar-refractivity contribution in [2.24, 2.45) is 0 Å². The highest BCUT2D eigenvalue weighted by Crippen LogP contribution is 2.12. The van der Waals surface area contributed by atoms with Crippen molar-refractivity contribution >= 4 is 15.9 Å². The van der Waals surface area contributed by atoms with Crippen molar-refractivity contribution in [3.05, 3.63) is 65.8 Å². The Morgan fingerprint density at radius 2 is 1.59 bits per heavy atom. The monoisotopic (exact) mass is 245 g/mol. The normalized spacial score (nSPS) is 11.8. The molecular formula is C13H11NO2S. The zero-order valence-electron chi connectivity index (χ0n) is 9.02. The van der Waals surface area contributed by atoms with E-state index in [-0.39, 0.29) is 0 Å². The molecule has 0 amide bonds. The Morgan fingerprint density at radius 3 is 2.24 bits per heavy atom. The Bertz CT molecular complexity index is 604. The summed E-state index contributed by atoms with van der Waals surface area (Å²) in [5.74, 6) is 0. The Hall–Kier alpha value is -1.94. The topological polar surface area (TPSA) is 47.0 Å². The van der Waals surface area contributed by atoms with Crippen LogP contribution in [0, 0.1) is 0 Å². The zero-order chi connectivity index (χ0) is 12.1. The van der Waals surface area contributed by atoms with E-state index in [9.17, 15) is 8.42 Å². The molecule has 0 saturated heterocycles. The second-order valence-electron chi connectivity index (χ2n) is 3.44. The molecule has 0 radical (unpaired) electrons. The van der Waals surface area contributed by atoms with Gasteiger partial charge >= 0.3 is 0 Å². The third-order valence-electron chi connectivity index (χ3n) is 2.22. The lowest BCUT2D eigenvalue weighted by molar-refractivity contribution is 0.605. The van der Waals surface area contributed by atoms with Crippen LogP contribution >= 0.6 is 0 Å². The fraction of sp³-hybridized carbons (Fsp3) is 0. The predicted octanol–water partition coefficient (Wildman–Crippen LogP) is 2.53. The average molecular weight is 245 g/mol. The summed E-state index contributed by atoms with van der Waals surface area (Å²) < 4.78 is 23.8. The van der Waals surface area contributed by atoms with Crippen LogP contribution in [0.15, 0.2) is 65.2 Å². The van der Waals surface area contributed by atoms with E-state index in [0.29, 0.717) is 4.90 Å². The molecular weight excluding hydrogens is 234 g/mol.